The Bertz CT molecular complexity index is 1500. The van der Waals surface area contributed by atoms with Crippen LogP contribution in [0.2, 0.25) is 10.0 Å². The topological polar surface area (TPSA) is 68.3 Å². The Balaban J connectivity index is 1.58. The molecule has 2 aromatic heterocycles. The molecule has 4 aromatic rings. The van der Waals surface area contributed by atoms with Gasteiger partial charge in [-0.1, -0.05) is 54.4 Å². The van der Waals surface area contributed by atoms with E-state index in [0.717, 1.165) is 35.3 Å². The van der Waals surface area contributed by atoms with E-state index in [9.17, 15) is 9.59 Å². The number of ether oxygens (including phenoxy) is 1. The molecule has 1 N–H and O–H groups in total. The Kier molecular flexibility index (Phi) is 7.02. The number of para-hydroxylation sites is 1. The van der Waals surface area contributed by atoms with E-state index in [1.54, 1.807) is 25.1 Å². The quantitative estimate of drug-likeness (QED) is 0.263. The molecule has 1 aliphatic carbocycles. The minimum atomic E-state index is -0.393. The van der Waals surface area contributed by atoms with Crippen LogP contribution in [0.4, 0.5) is 5.00 Å². The average molecular weight is 539 g/mol. The van der Waals surface area contributed by atoms with Crippen LogP contribution in [-0.2, 0) is 17.6 Å². The molecular weight excluding hydrogens is 515 g/mol. The molecule has 0 unspecified atom stereocenters. The number of benzene rings is 2. The monoisotopic (exact) mass is 538 g/mol. The molecule has 5 rings (SSSR count). The van der Waals surface area contributed by atoms with Gasteiger partial charge in [0, 0.05) is 15.8 Å². The highest BCUT2D eigenvalue weighted by Gasteiger charge is 2.29. The molecule has 0 aliphatic heterocycles. The van der Waals surface area contributed by atoms with Gasteiger partial charge in [-0.05, 0) is 61.9 Å². The van der Waals surface area contributed by atoms with Crippen molar-refractivity contribution >= 4 is 62.3 Å². The lowest BCUT2D eigenvalue weighted by Crippen LogP contribution is -2.17. The number of nitrogens with one attached hydrogen (secondary N) is 1. The Morgan fingerprint density at radius 2 is 1.94 bits per heavy atom. The standard InChI is InChI=1S/C28H24Cl2N2O3S/c1-3-35-28(34)25-18-10-8-15(2)12-24(18)36-27(25)32-26(33)19-14-23(16-9-11-20(29)21(30)13-16)31-22-7-5-4-6-17(19)22/h4-7,9,11,13-15H,3,8,10,12H2,1-2H3,(H,32,33)/t15-/m1/s1. The first kappa shape index (κ1) is 24.8. The van der Waals surface area contributed by atoms with Gasteiger partial charge in [0.05, 0.1) is 39.0 Å². The molecule has 8 heteroatoms. The van der Waals surface area contributed by atoms with Crippen LogP contribution in [0.1, 0.15) is 51.4 Å². The number of anilines is 1. The molecule has 36 heavy (non-hydrogen) atoms. The van der Waals surface area contributed by atoms with Crippen LogP contribution >= 0.6 is 34.5 Å². The SMILES string of the molecule is CCOC(=O)c1c(NC(=O)c2cc(-c3ccc(Cl)c(Cl)c3)nc3ccccc23)sc2c1CC[C@@H](C)C2. The van der Waals surface area contributed by atoms with Crippen LogP contribution < -0.4 is 5.32 Å². The van der Waals surface area contributed by atoms with E-state index in [-0.39, 0.29) is 12.5 Å². The predicted molar refractivity (Wildman–Crippen MR) is 147 cm³/mol. The van der Waals surface area contributed by atoms with Crippen LogP contribution in [0.5, 0.6) is 0 Å². The lowest BCUT2D eigenvalue weighted by molar-refractivity contribution is 0.0526. The predicted octanol–water partition coefficient (Wildman–Crippen LogP) is 7.82. The van der Waals surface area contributed by atoms with Crippen molar-refractivity contribution in [2.24, 2.45) is 5.92 Å². The molecular formula is C28H24Cl2N2O3S. The van der Waals surface area contributed by atoms with Crippen LogP contribution in [0, 0.1) is 5.92 Å². The zero-order valence-corrected chi connectivity index (χ0v) is 22.2. The average Bonchev–Trinajstić information content (AvgIpc) is 3.21. The van der Waals surface area contributed by atoms with Crippen molar-refractivity contribution in [3.05, 3.63) is 80.1 Å². The molecule has 1 aliphatic rings. The second kappa shape index (κ2) is 10.2. The van der Waals surface area contributed by atoms with Crippen LogP contribution in [0.15, 0.2) is 48.5 Å². The summed E-state index contributed by atoms with van der Waals surface area (Å²) >= 11 is 13.8. The number of carbonyl (C=O) groups is 2. The van der Waals surface area contributed by atoms with Crippen LogP contribution in [-0.4, -0.2) is 23.5 Å². The lowest BCUT2D eigenvalue weighted by atomic mass is 9.88. The van der Waals surface area contributed by atoms with E-state index in [1.165, 1.54) is 11.3 Å². The number of aromatic nitrogens is 1. The molecule has 184 valence electrons. The van der Waals surface area contributed by atoms with E-state index in [2.05, 4.69) is 12.2 Å². The second-order valence-corrected chi connectivity index (χ2v) is 10.9. The van der Waals surface area contributed by atoms with E-state index in [0.29, 0.717) is 48.7 Å². The summed E-state index contributed by atoms with van der Waals surface area (Å²) in [5.74, 6) is -0.171. The molecule has 0 fully saturated rings. The van der Waals surface area contributed by atoms with Gasteiger partial charge in [0.1, 0.15) is 5.00 Å². The molecule has 0 spiro atoms. The number of hydrogen-bond donors (Lipinski definition) is 1. The maximum Gasteiger partial charge on any atom is 0.341 e. The largest absolute Gasteiger partial charge is 0.462 e. The molecule has 0 saturated heterocycles. The third-order valence-corrected chi connectivity index (χ3v) is 8.30. The number of esters is 1. The van der Waals surface area contributed by atoms with Gasteiger partial charge in [0.2, 0.25) is 0 Å². The molecule has 1 amide bonds. The fourth-order valence-electron chi connectivity index (χ4n) is 4.60. The smallest absolute Gasteiger partial charge is 0.341 e. The minimum absolute atomic E-state index is 0.273. The van der Waals surface area contributed by atoms with Gasteiger partial charge >= 0.3 is 5.97 Å². The summed E-state index contributed by atoms with van der Waals surface area (Å²) < 4.78 is 5.36. The molecule has 2 heterocycles. The van der Waals surface area contributed by atoms with Gasteiger partial charge in [-0.3, -0.25) is 4.79 Å². The number of hydrogen-bond acceptors (Lipinski definition) is 5. The third-order valence-electron chi connectivity index (χ3n) is 6.39. The van der Waals surface area contributed by atoms with Gasteiger partial charge in [-0.25, -0.2) is 9.78 Å². The van der Waals surface area contributed by atoms with Crippen molar-refractivity contribution in [3.63, 3.8) is 0 Å². The Hall–Kier alpha value is -2.93. The highest BCUT2D eigenvalue weighted by Crippen LogP contribution is 2.40. The van der Waals surface area contributed by atoms with E-state index in [4.69, 9.17) is 32.9 Å². The molecule has 5 nitrogen and oxygen atoms in total. The summed E-state index contributed by atoms with van der Waals surface area (Å²) in [6, 6.07) is 14.5. The van der Waals surface area contributed by atoms with Gasteiger partial charge in [0.25, 0.3) is 5.91 Å². The Morgan fingerprint density at radius 1 is 1.14 bits per heavy atom. The number of nitrogens with zero attached hydrogens (tertiary/aromatic N) is 1. The number of halogens is 2. The van der Waals surface area contributed by atoms with Gasteiger partial charge in [0.15, 0.2) is 0 Å². The second-order valence-electron chi connectivity index (χ2n) is 8.93. The zero-order valence-electron chi connectivity index (χ0n) is 19.9. The van der Waals surface area contributed by atoms with Crippen LogP contribution in [0.3, 0.4) is 0 Å². The van der Waals surface area contributed by atoms with Gasteiger partial charge in [-0.2, -0.15) is 0 Å². The van der Waals surface area contributed by atoms with Crippen molar-refractivity contribution in [1.82, 2.24) is 4.98 Å². The molecule has 0 bridgehead atoms. The Morgan fingerprint density at radius 3 is 2.72 bits per heavy atom. The lowest BCUT2D eigenvalue weighted by Gasteiger charge is -2.18. The minimum Gasteiger partial charge on any atom is -0.462 e. The van der Waals surface area contributed by atoms with E-state index in [1.807, 2.05) is 30.3 Å². The van der Waals surface area contributed by atoms with Crippen molar-refractivity contribution in [2.75, 3.05) is 11.9 Å². The van der Waals surface area contributed by atoms with Crippen molar-refractivity contribution < 1.29 is 14.3 Å². The normalized spacial score (nSPS) is 14.9. The highest BCUT2D eigenvalue weighted by molar-refractivity contribution is 7.17. The Labute approximate surface area is 223 Å². The first-order chi connectivity index (χ1) is 17.4. The summed E-state index contributed by atoms with van der Waals surface area (Å²) in [6.07, 6.45) is 2.70. The third kappa shape index (κ3) is 4.73. The molecule has 0 radical (unpaired) electrons. The number of pyridine rings is 1. The number of rotatable bonds is 5. The summed E-state index contributed by atoms with van der Waals surface area (Å²) in [5, 5.41) is 5.14. The highest BCUT2D eigenvalue weighted by atomic mass is 35.5. The summed E-state index contributed by atoms with van der Waals surface area (Å²) in [5.41, 5.74) is 3.97. The molecule has 0 saturated carbocycles. The number of thiophene rings is 1. The van der Waals surface area contributed by atoms with Crippen LogP contribution in [0.25, 0.3) is 22.2 Å². The maximum atomic E-state index is 13.7. The number of fused-ring (bicyclic) bond motifs is 2. The van der Waals surface area contributed by atoms with E-state index < -0.39 is 5.97 Å². The molecule has 2 aromatic carbocycles. The first-order valence-electron chi connectivity index (χ1n) is 11.8. The van der Waals surface area contributed by atoms with E-state index >= 15 is 0 Å². The van der Waals surface area contributed by atoms with Gasteiger partial charge < -0.3 is 10.1 Å². The fourth-order valence-corrected chi connectivity index (χ4v) is 6.29. The van der Waals surface area contributed by atoms with Crippen molar-refractivity contribution in [2.45, 2.75) is 33.1 Å². The fraction of sp³-hybridized carbons (Fsp3) is 0.250. The van der Waals surface area contributed by atoms with Crippen molar-refractivity contribution in [1.29, 1.82) is 0 Å². The number of amides is 1. The summed E-state index contributed by atoms with van der Waals surface area (Å²) in [6.45, 7) is 4.26. The van der Waals surface area contributed by atoms with Gasteiger partial charge in [-0.15, -0.1) is 11.3 Å². The van der Waals surface area contributed by atoms with Crippen molar-refractivity contribution in [3.8, 4) is 11.3 Å². The molecule has 1 atom stereocenters. The maximum absolute atomic E-state index is 13.7. The zero-order chi connectivity index (χ0) is 25.4. The summed E-state index contributed by atoms with van der Waals surface area (Å²) in [4.78, 5) is 32.5. The summed E-state index contributed by atoms with van der Waals surface area (Å²) in [7, 11) is 0. The number of carbonyl (C=O) groups excluding carboxylic acids is 2. The first-order valence-corrected chi connectivity index (χ1v) is 13.4.